The van der Waals surface area contributed by atoms with Gasteiger partial charge in [-0.25, -0.2) is 0 Å². The van der Waals surface area contributed by atoms with Crippen molar-refractivity contribution >= 4 is 10.8 Å². The average Bonchev–Trinajstić information content (AvgIpc) is 2.70. The molecule has 94 valence electrons. The SMILES string of the molecule is CNCC1CCC(CN2CCS(=O)CC2)O1. The molecule has 16 heavy (non-hydrogen) atoms. The first-order valence-electron chi connectivity index (χ1n) is 6.15. The molecule has 0 aromatic heterocycles. The number of nitrogens with one attached hydrogen (secondary N) is 1. The van der Waals surface area contributed by atoms with E-state index >= 15 is 0 Å². The first kappa shape index (κ1) is 12.5. The minimum Gasteiger partial charge on any atom is -0.372 e. The molecule has 0 radical (unpaired) electrons. The summed E-state index contributed by atoms with van der Waals surface area (Å²) in [5.41, 5.74) is 0. The van der Waals surface area contributed by atoms with Crippen LogP contribution in [0.5, 0.6) is 0 Å². The number of ether oxygens (including phenoxy) is 1. The zero-order valence-electron chi connectivity index (χ0n) is 9.98. The summed E-state index contributed by atoms with van der Waals surface area (Å²) < 4.78 is 17.2. The first-order chi connectivity index (χ1) is 7.78. The second-order valence-electron chi connectivity index (χ2n) is 4.66. The summed E-state index contributed by atoms with van der Waals surface area (Å²) in [5, 5.41) is 3.16. The molecule has 5 heteroatoms. The first-order valence-corrected chi connectivity index (χ1v) is 7.64. The van der Waals surface area contributed by atoms with Gasteiger partial charge in [0, 0.05) is 48.5 Å². The Hall–Kier alpha value is 0.0300. The monoisotopic (exact) mass is 246 g/mol. The van der Waals surface area contributed by atoms with Crippen molar-refractivity contribution in [3.63, 3.8) is 0 Å². The summed E-state index contributed by atoms with van der Waals surface area (Å²) in [6.07, 6.45) is 3.14. The minimum absolute atomic E-state index is 0.393. The number of likely N-dealkylation sites (N-methyl/N-ethyl adjacent to an activating group) is 1. The van der Waals surface area contributed by atoms with Crippen LogP contribution in [-0.4, -0.2) is 66.0 Å². The number of nitrogens with zero attached hydrogens (tertiary/aromatic N) is 1. The smallest absolute Gasteiger partial charge is 0.0707 e. The van der Waals surface area contributed by atoms with Crippen molar-refractivity contribution in [3.8, 4) is 0 Å². The Kier molecular flexibility index (Phi) is 4.76. The zero-order chi connectivity index (χ0) is 11.4. The van der Waals surface area contributed by atoms with Gasteiger partial charge in [0.15, 0.2) is 0 Å². The van der Waals surface area contributed by atoms with Gasteiger partial charge in [-0.1, -0.05) is 0 Å². The van der Waals surface area contributed by atoms with Crippen LogP contribution >= 0.6 is 0 Å². The Morgan fingerprint density at radius 3 is 2.69 bits per heavy atom. The van der Waals surface area contributed by atoms with Crippen molar-refractivity contribution in [3.05, 3.63) is 0 Å². The summed E-state index contributed by atoms with van der Waals surface area (Å²) in [6.45, 7) is 3.93. The van der Waals surface area contributed by atoms with E-state index in [1.165, 1.54) is 12.8 Å². The van der Waals surface area contributed by atoms with E-state index in [0.29, 0.717) is 12.2 Å². The molecule has 0 amide bonds. The van der Waals surface area contributed by atoms with E-state index in [0.717, 1.165) is 37.7 Å². The molecule has 4 nitrogen and oxygen atoms in total. The Labute approximate surface area is 100 Å². The maximum Gasteiger partial charge on any atom is 0.0707 e. The van der Waals surface area contributed by atoms with Gasteiger partial charge in [0.2, 0.25) is 0 Å². The average molecular weight is 246 g/mol. The van der Waals surface area contributed by atoms with Gasteiger partial charge in [-0.3, -0.25) is 9.11 Å². The van der Waals surface area contributed by atoms with E-state index in [-0.39, 0.29) is 0 Å². The number of hydrogen-bond acceptors (Lipinski definition) is 4. The summed E-state index contributed by atoms with van der Waals surface area (Å²) in [4.78, 5) is 2.40. The molecule has 2 saturated heterocycles. The van der Waals surface area contributed by atoms with Crippen LogP contribution < -0.4 is 5.32 Å². The topological polar surface area (TPSA) is 41.6 Å². The van der Waals surface area contributed by atoms with Crippen LogP contribution in [0.4, 0.5) is 0 Å². The van der Waals surface area contributed by atoms with E-state index in [1.807, 2.05) is 7.05 Å². The molecule has 0 aliphatic carbocycles. The zero-order valence-corrected chi connectivity index (χ0v) is 10.8. The molecule has 2 aliphatic rings. The highest BCUT2D eigenvalue weighted by molar-refractivity contribution is 7.85. The lowest BCUT2D eigenvalue weighted by Gasteiger charge is -2.28. The lowest BCUT2D eigenvalue weighted by atomic mass is 10.2. The fraction of sp³-hybridized carbons (Fsp3) is 1.00. The van der Waals surface area contributed by atoms with E-state index in [2.05, 4.69) is 10.2 Å². The highest BCUT2D eigenvalue weighted by Crippen LogP contribution is 2.20. The molecule has 0 spiro atoms. The fourth-order valence-corrected chi connectivity index (χ4v) is 3.57. The van der Waals surface area contributed by atoms with Crippen molar-refractivity contribution < 1.29 is 8.95 Å². The third-order valence-corrected chi connectivity index (χ3v) is 4.64. The molecular formula is C11H22N2O2S. The molecule has 2 atom stereocenters. The molecule has 0 aromatic carbocycles. The summed E-state index contributed by atoms with van der Waals surface area (Å²) in [5.74, 6) is 1.68. The quantitative estimate of drug-likeness (QED) is 0.747. The van der Waals surface area contributed by atoms with Gasteiger partial charge in [0.25, 0.3) is 0 Å². The van der Waals surface area contributed by atoms with Gasteiger partial charge < -0.3 is 10.1 Å². The predicted octanol–water partition coefficient (Wildman–Crippen LogP) is -0.182. The lowest BCUT2D eigenvalue weighted by Crippen LogP contribution is -2.42. The largest absolute Gasteiger partial charge is 0.372 e. The second-order valence-corrected chi connectivity index (χ2v) is 6.36. The lowest BCUT2D eigenvalue weighted by molar-refractivity contribution is 0.0258. The fourth-order valence-electron chi connectivity index (χ4n) is 2.44. The molecule has 0 bridgehead atoms. The van der Waals surface area contributed by atoms with Crippen molar-refractivity contribution in [1.29, 1.82) is 0 Å². The van der Waals surface area contributed by atoms with Crippen LogP contribution in [-0.2, 0) is 15.5 Å². The van der Waals surface area contributed by atoms with Crippen molar-refractivity contribution in [2.24, 2.45) is 0 Å². The Morgan fingerprint density at radius 2 is 2.00 bits per heavy atom. The van der Waals surface area contributed by atoms with E-state index in [1.54, 1.807) is 0 Å². The molecular weight excluding hydrogens is 224 g/mol. The van der Waals surface area contributed by atoms with Crippen molar-refractivity contribution in [1.82, 2.24) is 10.2 Å². The van der Waals surface area contributed by atoms with Gasteiger partial charge in [-0.2, -0.15) is 0 Å². The van der Waals surface area contributed by atoms with Gasteiger partial charge in [0.05, 0.1) is 12.2 Å². The second kappa shape index (κ2) is 6.10. The summed E-state index contributed by atoms with van der Waals surface area (Å²) >= 11 is 0. The normalized spacial score (nSPS) is 33.3. The summed E-state index contributed by atoms with van der Waals surface area (Å²) in [7, 11) is 1.40. The van der Waals surface area contributed by atoms with Crippen LogP contribution in [0.1, 0.15) is 12.8 Å². The van der Waals surface area contributed by atoms with Crippen LogP contribution in [0, 0.1) is 0 Å². The summed E-state index contributed by atoms with van der Waals surface area (Å²) in [6, 6.07) is 0. The van der Waals surface area contributed by atoms with Crippen LogP contribution in [0.2, 0.25) is 0 Å². The van der Waals surface area contributed by atoms with Gasteiger partial charge >= 0.3 is 0 Å². The van der Waals surface area contributed by atoms with Gasteiger partial charge in [0.1, 0.15) is 0 Å². The van der Waals surface area contributed by atoms with E-state index < -0.39 is 10.8 Å². The highest BCUT2D eigenvalue weighted by atomic mass is 32.2. The molecule has 2 unspecified atom stereocenters. The molecule has 2 heterocycles. The highest BCUT2D eigenvalue weighted by Gasteiger charge is 2.27. The Morgan fingerprint density at radius 1 is 1.31 bits per heavy atom. The van der Waals surface area contributed by atoms with Crippen LogP contribution in [0.25, 0.3) is 0 Å². The minimum atomic E-state index is -0.567. The third kappa shape index (κ3) is 3.52. The molecule has 1 N–H and O–H groups in total. The third-order valence-electron chi connectivity index (χ3n) is 3.36. The maximum absolute atomic E-state index is 11.2. The van der Waals surface area contributed by atoms with Crippen LogP contribution in [0.3, 0.4) is 0 Å². The number of rotatable bonds is 4. The Bertz CT molecular complexity index is 240. The predicted molar refractivity (Wildman–Crippen MR) is 66.1 cm³/mol. The molecule has 2 aliphatic heterocycles. The van der Waals surface area contributed by atoms with Crippen LogP contribution in [0.15, 0.2) is 0 Å². The van der Waals surface area contributed by atoms with Gasteiger partial charge in [-0.05, 0) is 19.9 Å². The molecule has 0 aromatic rings. The Balaban J connectivity index is 1.68. The van der Waals surface area contributed by atoms with Crippen molar-refractivity contribution in [2.75, 3.05) is 44.7 Å². The van der Waals surface area contributed by atoms with Crippen molar-refractivity contribution in [2.45, 2.75) is 25.0 Å². The molecule has 2 rings (SSSR count). The number of hydrogen-bond donors (Lipinski definition) is 1. The van der Waals surface area contributed by atoms with E-state index in [4.69, 9.17) is 4.74 Å². The maximum atomic E-state index is 11.2. The van der Waals surface area contributed by atoms with E-state index in [9.17, 15) is 4.21 Å². The molecule has 2 fully saturated rings. The van der Waals surface area contributed by atoms with Gasteiger partial charge in [-0.15, -0.1) is 0 Å². The standard InChI is InChI=1S/C11H22N2O2S/c1-12-8-10-2-3-11(15-10)9-13-4-6-16(14)7-5-13/h10-12H,2-9H2,1H3. The molecule has 0 saturated carbocycles.